The first-order valence-corrected chi connectivity index (χ1v) is 10.5. The Labute approximate surface area is 179 Å². The molecule has 0 fully saturated rings. The highest BCUT2D eigenvalue weighted by molar-refractivity contribution is 7.14. The number of ether oxygens (including phenoxy) is 2. The van der Waals surface area contributed by atoms with Crippen molar-refractivity contribution in [3.8, 4) is 11.5 Å². The molecular weight excluding hydrogens is 402 g/mol. The minimum Gasteiger partial charge on any atom is -0.490 e. The highest BCUT2D eigenvalue weighted by Crippen LogP contribution is 2.31. The van der Waals surface area contributed by atoms with Gasteiger partial charge in [0.25, 0.3) is 5.91 Å². The molecule has 30 heavy (non-hydrogen) atoms. The normalized spacial score (nSPS) is 10.3. The van der Waals surface area contributed by atoms with Gasteiger partial charge in [0.05, 0.1) is 19.6 Å². The monoisotopic (exact) mass is 425 g/mol. The van der Waals surface area contributed by atoms with Crippen LogP contribution in [-0.4, -0.2) is 30.0 Å². The zero-order valence-corrected chi connectivity index (χ0v) is 17.6. The van der Waals surface area contributed by atoms with Crippen molar-refractivity contribution in [1.82, 2.24) is 4.98 Å². The number of aromatic nitrogens is 1. The molecule has 0 bridgehead atoms. The molecule has 3 aromatic rings. The van der Waals surface area contributed by atoms with Crippen molar-refractivity contribution in [3.63, 3.8) is 0 Å². The molecule has 0 saturated carbocycles. The van der Waals surface area contributed by atoms with Crippen molar-refractivity contribution in [3.05, 3.63) is 65.2 Å². The van der Waals surface area contributed by atoms with Crippen molar-refractivity contribution < 1.29 is 19.1 Å². The minimum atomic E-state index is -0.374. The van der Waals surface area contributed by atoms with Crippen LogP contribution in [0.2, 0.25) is 0 Å². The molecule has 2 amide bonds. The first kappa shape index (κ1) is 21.3. The summed E-state index contributed by atoms with van der Waals surface area (Å²) in [6.45, 7) is 4.77. The second-order valence-electron chi connectivity index (χ2n) is 6.23. The molecule has 1 heterocycles. The fourth-order valence-corrected chi connectivity index (χ4v) is 3.41. The Balaban J connectivity index is 1.62. The van der Waals surface area contributed by atoms with Crippen LogP contribution in [0.4, 0.5) is 10.8 Å². The lowest BCUT2D eigenvalue weighted by molar-refractivity contribution is -0.115. The molecule has 2 aromatic carbocycles. The molecule has 2 N–H and O–H groups in total. The quantitative estimate of drug-likeness (QED) is 0.531. The topological polar surface area (TPSA) is 89.6 Å². The number of carbonyl (C=O) groups is 2. The summed E-state index contributed by atoms with van der Waals surface area (Å²) in [5, 5.41) is 7.50. The Bertz CT molecular complexity index is 1000. The van der Waals surface area contributed by atoms with Crippen molar-refractivity contribution in [2.24, 2.45) is 0 Å². The van der Waals surface area contributed by atoms with Crippen molar-refractivity contribution in [2.75, 3.05) is 23.8 Å². The van der Waals surface area contributed by atoms with E-state index in [0.717, 1.165) is 5.56 Å². The van der Waals surface area contributed by atoms with Crippen molar-refractivity contribution in [2.45, 2.75) is 20.3 Å². The van der Waals surface area contributed by atoms with Crippen LogP contribution in [0.3, 0.4) is 0 Å². The number of hydrogen-bond acceptors (Lipinski definition) is 6. The first-order valence-electron chi connectivity index (χ1n) is 9.59. The minimum absolute atomic E-state index is 0.185. The summed E-state index contributed by atoms with van der Waals surface area (Å²) in [7, 11) is 0. The Kier molecular flexibility index (Phi) is 7.40. The van der Waals surface area contributed by atoms with Crippen LogP contribution in [0.25, 0.3) is 0 Å². The van der Waals surface area contributed by atoms with Gasteiger partial charge in [0.2, 0.25) is 5.91 Å². The lowest BCUT2D eigenvalue weighted by atomic mass is 10.1. The molecule has 0 aliphatic rings. The maximum Gasteiger partial charge on any atom is 0.275 e. The van der Waals surface area contributed by atoms with Crippen LogP contribution >= 0.6 is 11.3 Å². The summed E-state index contributed by atoms with van der Waals surface area (Å²) in [6.07, 6.45) is 0.244. The molecule has 0 saturated heterocycles. The van der Waals surface area contributed by atoms with E-state index in [1.807, 2.05) is 44.2 Å². The smallest absolute Gasteiger partial charge is 0.275 e. The summed E-state index contributed by atoms with van der Waals surface area (Å²) in [5.74, 6) is 0.621. The number of nitrogens with zero attached hydrogens (tertiary/aromatic N) is 1. The molecule has 0 spiro atoms. The molecule has 0 atom stereocenters. The van der Waals surface area contributed by atoms with Crippen LogP contribution in [0.5, 0.6) is 11.5 Å². The average molecular weight is 426 g/mol. The van der Waals surface area contributed by atoms with E-state index in [1.54, 1.807) is 23.6 Å². The van der Waals surface area contributed by atoms with Gasteiger partial charge in [-0.15, -0.1) is 11.3 Å². The number of thiazole rings is 1. The number of anilines is 2. The van der Waals surface area contributed by atoms with Crippen molar-refractivity contribution in [1.29, 1.82) is 0 Å². The van der Waals surface area contributed by atoms with Gasteiger partial charge in [0, 0.05) is 17.1 Å². The number of nitrogens with one attached hydrogen (secondary N) is 2. The lowest BCUT2D eigenvalue weighted by Gasteiger charge is -2.12. The lowest BCUT2D eigenvalue weighted by Crippen LogP contribution is -2.15. The van der Waals surface area contributed by atoms with Gasteiger partial charge >= 0.3 is 0 Å². The first-order chi connectivity index (χ1) is 14.6. The van der Waals surface area contributed by atoms with Gasteiger partial charge in [-0.2, -0.15) is 0 Å². The second kappa shape index (κ2) is 10.4. The Hall–Kier alpha value is -3.39. The Morgan fingerprint density at radius 1 is 0.967 bits per heavy atom. The molecule has 8 heteroatoms. The van der Waals surface area contributed by atoms with Crippen LogP contribution in [0, 0.1) is 0 Å². The summed E-state index contributed by atoms with van der Waals surface area (Å²) < 4.78 is 11.1. The number of hydrogen-bond donors (Lipinski definition) is 2. The molecule has 3 rings (SSSR count). The molecular formula is C22H23N3O4S. The predicted molar refractivity (Wildman–Crippen MR) is 118 cm³/mol. The van der Waals surface area contributed by atoms with E-state index < -0.39 is 0 Å². The van der Waals surface area contributed by atoms with Gasteiger partial charge in [0.15, 0.2) is 16.6 Å². The molecule has 1 aromatic heterocycles. The molecule has 0 radical (unpaired) electrons. The van der Waals surface area contributed by atoms with Crippen LogP contribution in [-0.2, 0) is 11.2 Å². The van der Waals surface area contributed by atoms with Crippen LogP contribution in [0.15, 0.2) is 53.9 Å². The fraction of sp³-hybridized carbons (Fsp3) is 0.227. The third-order valence-electron chi connectivity index (χ3n) is 3.99. The van der Waals surface area contributed by atoms with Crippen LogP contribution in [0.1, 0.15) is 29.9 Å². The third kappa shape index (κ3) is 5.81. The molecule has 0 unspecified atom stereocenters. The maximum absolute atomic E-state index is 12.5. The zero-order valence-electron chi connectivity index (χ0n) is 16.8. The van der Waals surface area contributed by atoms with Gasteiger partial charge in [-0.25, -0.2) is 4.98 Å². The predicted octanol–water partition coefficient (Wildman–Crippen LogP) is 4.37. The van der Waals surface area contributed by atoms with E-state index >= 15 is 0 Å². The Morgan fingerprint density at radius 2 is 1.70 bits per heavy atom. The van der Waals surface area contributed by atoms with E-state index in [0.29, 0.717) is 35.5 Å². The summed E-state index contributed by atoms with van der Waals surface area (Å²) in [6, 6.07) is 14.6. The largest absolute Gasteiger partial charge is 0.490 e. The van der Waals surface area contributed by atoms with E-state index in [1.165, 1.54) is 11.3 Å². The van der Waals surface area contributed by atoms with Gasteiger partial charge in [0.1, 0.15) is 5.69 Å². The van der Waals surface area contributed by atoms with E-state index in [-0.39, 0.29) is 23.9 Å². The summed E-state index contributed by atoms with van der Waals surface area (Å²) in [4.78, 5) is 28.9. The van der Waals surface area contributed by atoms with E-state index in [9.17, 15) is 9.59 Å². The number of amides is 2. The molecule has 0 aliphatic heterocycles. The van der Waals surface area contributed by atoms with E-state index in [2.05, 4.69) is 15.6 Å². The summed E-state index contributed by atoms with van der Waals surface area (Å²) >= 11 is 1.20. The van der Waals surface area contributed by atoms with E-state index in [4.69, 9.17) is 9.47 Å². The SMILES string of the molecule is CCOc1ccc(NC(=O)c2csc(NC(=O)Cc3ccccc3)n2)cc1OCC. The highest BCUT2D eigenvalue weighted by atomic mass is 32.1. The van der Waals surface area contributed by atoms with Gasteiger partial charge < -0.3 is 20.1 Å². The zero-order chi connectivity index (χ0) is 21.3. The van der Waals surface area contributed by atoms with Gasteiger partial charge in [-0.1, -0.05) is 30.3 Å². The Morgan fingerprint density at radius 3 is 2.43 bits per heavy atom. The molecule has 0 aliphatic carbocycles. The van der Waals surface area contributed by atoms with Gasteiger partial charge in [-0.3, -0.25) is 9.59 Å². The highest BCUT2D eigenvalue weighted by Gasteiger charge is 2.14. The second-order valence-corrected chi connectivity index (χ2v) is 7.09. The van der Waals surface area contributed by atoms with Gasteiger partial charge in [-0.05, 0) is 31.5 Å². The molecule has 7 nitrogen and oxygen atoms in total. The third-order valence-corrected chi connectivity index (χ3v) is 4.75. The average Bonchev–Trinajstić information content (AvgIpc) is 3.19. The molecule has 156 valence electrons. The number of carbonyl (C=O) groups excluding carboxylic acids is 2. The number of rotatable bonds is 9. The van der Waals surface area contributed by atoms with Crippen LogP contribution < -0.4 is 20.1 Å². The number of benzene rings is 2. The maximum atomic E-state index is 12.5. The van der Waals surface area contributed by atoms with Crippen molar-refractivity contribution >= 4 is 34.0 Å². The fourth-order valence-electron chi connectivity index (χ4n) is 2.70. The standard InChI is InChI=1S/C22H23N3O4S/c1-3-28-18-11-10-16(13-19(18)29-4-2)23-21(27)17-14-30-22(24-17)25-20(26)12-15-8-6-5-7-9-15/h5-11,13-14H,3-4,12H2,1-2H3,(H,23,27)(H,24,25,26). The summed E-state index contributed by atoms with van der Waals surface area (Å²) in [5.41, 5.74) is 1.70.